The molecule has 7 N–H and O–H groups in total. The Morgan fingerprint density at radius 2 is 1.50 bits per heavy atom. The van der Waals surface area contributed by atoms with Crippen LogP contribution in [-0.2, 0) is 32.6 Å². The Morgan fingerprint density at radius 1 is 0.881 bits per heavy atom. The van der Waals surface area contributed by atoms with Crippen LogP contribution in [0.3, 0.4) is 0 Å². The number of amides is 2. The van der Waals surface area contributed by atoms with E-state index >= 15 is 0 Å². The van der Waals surface area contributed by atoms with Gasteiger partial charge in [-0.2, -0.15) is 16.5 Å². The van der Waals surface area contributed by atoms with E-state index in [1.54, 1.807) is 54.6 Å². The Morgan fingerprint density at radius 3 is 2.07 bits per heavy atom. The zero-order valence-corrected chi connectivity index (χ0v) is 24.5. The molecule has 0 saturated heterocycles. The van der Waals surface area contributed by atoms with Crippen molar-refractivity contribution in [2.24, 2.45) is 5.73 Å². The van der Waals surface area contributed by atoms with Crippen LogP contribution >= 0.6 is 11.8 Å². The number of nitrogens with one attached hydrogen (secondary N) is 4. The number of hydrogen-bond donors (Lipinski definition) is 6. The molecule has 0 radical (unpaired) electrons. The molecule has 0 aromatic heterocycles. The lowest BCUT2D eigenvalue weighted by Gasteiger charge is -2.23. The fourth-order valence-electron chi connectivity index (χ4n) is 3.96. The topological polar surface area (TPSA) is 192 Å². The molecular weight excluding hydrogens is 578 g/mol. The Hall–Kier alpha value is -4.20. The van der Waals surface area contributed by atoms with Gasteiger partial charge in [0.05, 0.1) is 10.5 Å². The number of carboxylic acids is 1. The molecule has 0 aliphatic heterocycles. The number of carbonyl (C=O) groups excluding carboxylic acids is 2. The third-order valence-corrected chi connectivity index (χ3v) is 8.41. The van der Waals surface area contributed by atoms with Crippen molar-refractivity contribution in [1.82, 2.24) is 15.4 Å². The van der Waals surface area contributed by atoms with E-state index < -0.39 is 39.9 Å². The minimum atomic E-state index is -4.23. The molecule has 0 aliphatic carbocycles. The molecule has 0 heterocycles. The monoisotopic (exact) mass is 611 g/mol. The number of nitrogen functional groups attached to an aromatic ring is 1. The fraction of sp³-hybridized carbons (Fsp3) is 0.241. The van der Waals surface area contributed by atoms with E-state index in [4.69, 9.17) is 16.2 Å². The van der Waals surface area contributed by atoms with Crippen molar-refractivity contribution in [3.63, 3.8) is 0 Å². The van der Waals surface area contributed by atoms with Crippen LogP contribution < -0.4 is 21.1 Å². The Labute approximate surface area is 248 Å². The summed E-state index contributed by atoms with van der Waals surface area (Å²) in [6, 6.07) is 18.1. The fourth-order valence-corrected chi connectivity index (χ4v) is 5.63. The van der Waals surface area contributed by atoms with Gasteiger partial charge in [-0.25, -0.2) is 13.2 Å². The van der Waals surface area contributed by atoms with Crippen LogP contribution in [0.2, 0.25) is 0 Å². The normalized spacial score (nSPS) is 12.6. The summed E-state index contributed by atoms with van der Waals surface area (Å²) in [7, 11) is -4.23. The summed E-state index contributed by atoms with van der Waals surface area (Å²) < 4.78 is 28.8. The van der Waals surface area contributed by atoms with Gasteiger partial charge in [-0.1, -0.05) is 54.6 Å². The molecule has 3 aromatic rings. The minimum absolute atomic E-state index is 0.0124. The quantitative estimate of drug-likeness (QED) is 0.111. The Balaban J connectivity index is 1.78. The number of carbonyl (C=O) groups is 3. The first kappa shape index (κ1) is 32.3. The number of hydrogen-bond acceptors (Lipinski definition) is 7. The molecule has 42 heavy (non-hydrogen) atoms. The van der Waals surface area contributed by atoms with E-state index in [0.717, 1.165) is 17.7 Å². The average Bonchev–Trinajstić information content (AvgIpc) is 2.98. The zero-order valence-electron chi connectivity index (χ0n) is 22.9. The second-order valence-corrected chi connectivity index (χ2v) is 12.1. The van der Waals surface area contributed by atoms with Crippen LogP contribution in [0.4, 0.5) is 0 Å². The molecule has 222 valence electrons. The number of thioether (sulfide) groups is 1. The summed E-state index contributed by atoms with van der Waals surface area (Å²) in [5.41, 5.74) is 7.43. The molecule has 11 nitrogen and oxygen atoms in total. The van der Waals surface area contributed by atoms with E-state index in [0.29, 0.717) is 23.3 Å². The number of sulfonamides is 1. The molecule has 0 unspecified atom stereocenters. The first-order valence-corrected chi connectivity index (χ1v) is 15.8. The molecule has 0 fully saturated rings. The second kappa shape index (κ2) is 15.1. The van der Waals surface area contributed by atoms with Gasteiger partial charge in [0.1, 0.15) is 17.9 Å². The van der Waals surface area contributed by atoms with Crippen molar-refractivity contribution in [3.05, 3.63) is 101 Å². The Bertz CT molecular complexity index is 1500. The highest BCUT2D eigenvalue weighted by Crippen LogP contribution is 2.14. The van der Waals surface area contributed by atoms with Crippen LogP contribution in [0.15, 0.2) is 83.8 Å². The number of nitrogens with two attached hydrogens (primary N) is 1. The maximum Gasteiger partial charge on any atom is 0.335 e. The average molecular weight is 612 g/mol. The smallest absolute Gasteiger partial charge is 0.335 e. The molecule has 0 spiro atoms. The maximum atomic E-state index is 13.5. The van der Waals surface area contributed by atoms with Gasteiger partial charge in [-0.3, -0.25) is 15.0 Å². The molecule has 3 rings (SSSR count). The van der Waals surface area contributed by atoms with E-state index in [9.17, 15) is 22.8 Å². The first-order chi connectivity index (χ1) is 20.0. The summed E-state index contributed by atoms with van der Waals surface area (Å²) >= 11 is 1.50. The van der Waals surface area contributed by atoms with Gasteiger partial charge in [-0.15, -0.1) is 0 Å². The van der Waals surface area contributed by atoms with Crippen molar-refractivity contribution in [2.45, 2.75) is 36.4 Å². The zero-order chi connectivity index (χ0) is 30.7. The largest absolute Gasteiger partial charge is 0.478 e. The van der Waals surface area contributed by atoms with Crippen LogP contribution in [-0.4, -0.2) is 61.2 Å². The standard InChI is InChI=1S/C29H33N5O6S2/c1-41-16-15-24(27(35)32-18-20-7-9-21(10-8-20)26(30)31)33-28(36)25(17-19-5-3-2-4-6-19)34-42(39,40)23-13-11-22(12-14-23)29(37)38/h2-14,24-25,34H,15-18H2,1H3,(H3,30,31)(H,32,35)(H,33,36)(H,37,38)/t24-,25+/m0/s1. The number of benzene rings is 3. The lowest BCUT2D eigenvalue weighted by Crippen LogP contribution is -2.54. The van der Waals surface area contributed by atoms with E-state index in [-0.39, 0.29) is 29.3 Å². The summed E-state index contributed by atoms with van der Waals surface area (Å²) in [6.07, 6.45) is 2.19. The number of rotatable bonds is 15. The highest BCUT2D eigenvalue weighted by molar-refractivity contribution is 7.98. The first-order valence-electron chi connectivity index (χ1n) is 12.9. The molecule has 2 amide bonds. The molecule has 13 heteroatoms. The predicted octanol–water partition coefficient (Wildman–Crippen LogP) is 2.11. The second-order valence-electron chi connectivity index (χ2n) is 9.36. The summed E-state index contributed by atoms with van der Waals surface area (Å²) in [6.45, 7) is 0.176. The maximum absolute atomic E-state index is 13.5. The van der Waals surface area contributed by atoms with Crippen molar-refractivity contribution >= 4 is 45.4 Å². The summed E-state index contributed by atoms with van der Waals surface area (Å²) in [5, 5.41) is 22.1. The molecule has 2 atom stereocenters. The molecule has 0 aliphatic rings. The van der Waals surface area contributed by atoms with Gasteiger partial charge in [0.15, 0.2) is 0 Å². The Kier molecular flexibility index (Phi) is 11.7. The third kappa shape index (κ3) is 9.43. The van der Waals surface area contributed by atoms with Gasteiger partial charge in [0, 0.05) is 12.1 Å². The van der Waals surface area contributed by atoms with Crippen molar-refractivity contribution in [3.8, 4) is 0 Å². The van der Waals surface area contributed by atoms with Gasteiger partial charge in [0.2, 0.25) is 21.8 Å². The van der Waals surface area contributed by atoms with Crippen LogP contribution in [0.1, 0.15) is 33.5 Å². The van der Waals surface area contributed by atoms with E-state index in [1.807, 2.05) is 6.26 Å². The summed E-state index contributed by atoms with van der Waals surface area (Å²) in [4.78, 5) is 37.6. The van der Waals surface area contributed by atoms with Crippen LogP contribution in [0.5, 0.6) is 0 Å². The molecular formula is C29H33N5O6S2. The molecule has 0 saturated carbocycles. The number of aromatic carboxylic acids is 1. The summed E-state index contributed by atoms with van der Waals surface area (Å²) in [5.74, 6) is -1.81. The highest BCUT2D eigenvalue weighted by Gasteiger charge is 2.29. The van der Waals surface area contributed by atoms with Crippen LogP contribution in [0, 0.1) is 5.41 Å². The van der Waals surface area contributed by atoms with Gasteiger partial charge in [-0.05, 0) is 60.2 Å². The van der Waals surface area contributed by atoms with Crippen molar-refractivity contribution < 1.29 is 27.9 Å². The van der Waals surface area contributed by atoms with Gasteiger partial charge >= 0.3 is 5.97 Å². The lowest BCUT2D eigenvalue weighted by molar-refractivity contribution is -0.129. The lowest BCUT2D eigenvalue weighted by atomic mass is 10.1. The third-order valence-electron chi connectivity index (χ3n) is 6.28. The number of carboxylic acid groups (broad SMARTS) is 1. The van der Waals surface area contributed by atoms with Crippen molar-refractivity contribution in [2.75, 3.05) is 12.0 Å². The van der Waals surface area contributed by atoms with E-state index in [1.165, 1.54) is 23.9 Å². The molecule has 0 bridgehead atoms. The van der Waals surface area contributed by atoms with Crippen molar-refractivity contribution in [1.29, 1.82) is 5.41 Å². The minimum Gasteiger partial charge on any atom is -0.478 e. The molecule has 3 aromatic carbocycles. The van der Waals surface area contributed by atoms with Crippen LogP contribution in [0.25, 0.3) is 0 Å². The number of amidine groups is 1. The van der Waals surface area contributed by atoms with Gasteiger partial charge < -0.3 is 21.5 Å². The highest BCUT2D eigenvalue weighted by atomic mass is 32.2. The SMILES string of the molecule is CSCC[C@H](NC(=O)[C@@H](Cc1ccccc1)NS(=O)(=O)c1ccc(C(=O)O)cc1)C(=O)NCc1ccc(C(=N)N)cc1. The predicted molar refractivity (Wildman–Crippen MR) is 162 cm³/mol. The van der Waals surface area contributed by atoms with Gasteiger partial charge in [0.25, 0.3) is 0 Å². The van der Waals surface area contributed by atoms with E-state index in [2.05, 4.69) is 15.4 Å².